The third kappa shape index (κ3) is 3.15. The Morgan fingerprint density at radius 2 is 1.86 bits per heavy atom. The molecule has 0 atom stereocenters. The van der Waals surface area contributed by atoms with Crippen LogP contribution in [0.15, 0.2) is 48.5 Å². The lowest BCUT2D eigenvalue weighted by atomic mass is 10.1. The Morgan fingerprint density at radius 3 is 2.62 bits per heavy atom. The molecule has 0 radical (unpaired) electrons. The standard InChI is InChI=1S/C17H17NO.C2H6/c1-2-13-6-5-8-15(12-13)17(19)18-11-10-14-7-3-4-9-16(14)18;1-2/h3-9,12H,2,10-11H2,1H3;1-2H3. The van der Waals surface area contributed by atoms with Crippen molar-refractivity contribution in [3.8, 4) is 0 Å². The molecule has 110 valence electrons. The molecule has 0 saturated heterocycles. The number of anilines is 1. The molecule has 0 saturated carbocycles. The number of para-hydroxylation sites is 1. The highest BCUT2D eigenvalue weighted by Crippen LogP contribution is 2.28. The molecule has 2 nitrogen and oxygen atoms in total. The van der Waals surface area contributed by atoms with Crippen molar-refractivity contribution in [3.05, 3.63) is 65.2 Å². The number of nitrogens with zero attached hydrogens (tertiary/aromatic N) is 1. The number of rotatable bonds is 2. The predicted molar refractivity (Wildman–Crippen MR) is 89.0 cm³/mol. The number of carbonyl (C=O) groups is 1. The van der Waals surface area contributed by atoms with E-state index in [1.54, 1.807) is 0 Å². The van der Waals surface area contributed by atoms with Crippen LogP contribution in [0.25, 0.3) is 0 Å². The number of amides is 1. The summed E-state index contributed by atoms with van der Waals surface area (Å²) in [7, 11) is 0. The van der Waals surface area contributed by atoms with E-state index in [-0.39, 0.29) is 5.91 Å². The molecule has 1 aliphatic rings. The third-order valence-corrected chi connectivity index (χ3v) is 3.71. The van der Waals surface area contributed by atoms with Crippen LogP contribution in [0.3, 0.4) is 0 Å². The van der Waals surface area contributed by atoms with Gasteiger partial charge in [-0.25, -0.2) is 0 Å². The van der Waals surface area contributed by atoms with Gasteiger partial charge in [0, 0.05) is 17.8 Å². The molecule has 2 heteroatoms. The highest BCUT2D eigenvalue weighted by Gasteiger charge is 2.24. The molecule has 0 aromatic heterocycles. The van der Waals surface area contributed by atoms with Crippen molar-refractivity contribution < 1.29 is 4.79 Å². The second kappa shape index (κ2) is 7.07. The zero-order valence-electron chi connectivity index (χ0n) is 13.1. The summed E-state index contributed by atoms with van der Waals surface area (Å²) in [5.74, 6) is 0.111. The van der Waals surface area contributed by atoms with E-state index in [2.05, 4.69) is 19.1 Å². The van der Waals surface area contributed by atoms with Gasteiger partial charge in [0.2, 0.25) is 0 Å². The molecule has 2 aromatic rings. The maximum absolute atomic E-state index is 12.6. The summed E-state index contributed by atoms with van der Waals surface area (Å²) in [6.45, 7) is 6.89. The molecule has 0 aliphatic carbocycles. The molecule has 3 rings (SSSR count). The molecule has 1 aliphatic heterocycles. The van der Waals surface area contributed by atoms with E-state index in [1.807, 2.05) is 55.1 Å². The topological polar surface area (TPSA) is 20.3 Å². The quantitative estimate of drug-likeness (QED) is 0.795. The van der Waals surface area contributed by atoms with Crippen molar-refractivity contribution in [3.63, 3.8) is 0 Å². The summed E-state index contributed by atoms with van der Waals surface area (Å²) in [5.41, 5.74) is 4.33. The van der Waals surface area contributed by atoms with Crippen LogP contribution in [0.2, 0.25) is 0 Å². The van der Waals surface area contributed by atoms with Crippen LogP contribution in [-0.4, -0.2) is 12.5 Å². The van der Waals surface area contributed by atoms with Gasteiger partial charge < -0.3 is 4.90 Å². The normalized spacial score (nSPS) is 12.4. The van der Waals surface area contributed by atoms with E-state index in [9.17, 15) is 4.79 Å². The van der Waals surface area contributed by atoms with E-state index >= 15 is 0 Å². The number of hydrogen-bond acceptors (Lipinski definition) is 1. The first-order valence-electron chi connectivity index (χ1n) is 7.78. The van der Waals surface area contributed by atoms with Crippen molar-refractivity contribution in [2.24, 2.45) is 0 Å². The van der Waals surface area contributed by atoms with Crippen molar-refractivity contribution in [1.29, 1.82) is 0 Å². The minimum Gasteiger partial charge on any atom is -0.308 e. The summed E-state index contributed by atoms with van der Waals surface area (Å²) in [5, 5.41) is 0. The number of benzene rings is 2. The molecule has 0 spiro atoms. The fourth-order valence-electron chi connectivity index (χ4n) is 2.63. The lowest BCUT2D eigenvalue weighted by molar-refractivity contribution is 0.0989. The van der Waals surface area contributed by atoms with Gasteiger partial charge >= 0.3 is 0 Å². The largest absolute Gasteiger partial charge is 0.308 e. The van der Waals surface area contributed by atoms with Gasteiger partial charge in [0.25, 0.3) is 5.91 Å². The second-order valence-corrected chi connectivity index (χ2v) is 4.89. The SMILES string of the molecule is CC.CCc1cccc(C(=O)N2CCc3ccccc32)c1. The third-order valence-electron chi connectivity index (χ3n) is 3.71. The lowest BCUT2D eigenvalue weighted by Crippen LogP contribution is -2.28. The molecule has 0 fully saturated rings. The van der Waals surface area contributed by atoms with E-state index in [0.717, 1.165) is 30.6 Å². The smallest absolute Gasteiger partial charge is 0.258 e. The van der Waals surface area contributed by atoms with Gasteiger partial charge in [0.05, 0.1) is 0 Å². The van der Waals surface area contributed by atoms with E-state index in [1.165, 1.54) is 11.1 Å². The van der Waals surface area contributed by atoms with Crippen molar-refractivity contribution >= 4 is 11.6 Å². The molecular weight excluding hydrogens is 258 g/mol. The van der Waals surface area contributed by atoms with Gasteiger partial charge in [-0.15, -0.1) is 0 Å². The van der Waals surface area contributed by atoms with Crippen molar-refractivity contribution in [1.82, 2.24) is 0 Å². The van der Waals surface area contributed by atoms with Gasteiger partial charge in [-0.3, -0.25) is 4.79 Å². The monoisotopic (exact) mass is 281 g/mol. The first-order chi connectivity index (χ1) is 10.3. The Bertz CT molecular complexity index is 618. The minimum atomic E-state index is 0.111. The Balaban J connectivity index is 0.000000774. The minimum absolute atomic E-state index is 0.111. The van der Waals surface area contributed by atoms with Gasteiger partial charge in [-0.05, 0) is 42.2 Å². The zero-order chi connectivity index (χ0) is 15.2. The number of fused-ring (bicyclic) bond motifs is 1. The fourth-order valence-corrected chi connectivity index (χ4v) is 2.63. The predicted octanol–water partition coefficient (Wildman–Crippen LogP) is 4.48. The summed E-state index contributed by atoms with van der Waals surface area (Å²) < 4.78 is 0. The van der Waals surface area contributed by atoms with Crippen molar-refractivity contribution in [2.45, 2.75) is 33.6 Å². The maximum Gasteiger partial charge on any atom is 0.258 e. The lowest BCUT2D eigenvalue weighted by Gasteiger charge is -2.17. The number of aryl methyl sites for hydroxylation is 1. The van der Waals surface area contributed by atoms with Gasteiger partial charge in [-0.2, -0.15) is 0 Å². The maximum atomic E-state index is 12.6. The second-order valence-electron chi connectivity index (χ2n) is 4.89. The average molecular weight is 281 g/mol. The van der Waals surface area contributed by atoms with Crippen LogP contribution >= 0.6 is 0 Å². The summed E-state index contributed by atoms with van der Waals surface area (Å²) in [6.07, 6.45) is 1.91. The van der Waals surface area contributed by atoms with Gasteiger partial charge in [0.15, 0.2) is 0 Å². The van der Waals surface area contributed by atoms with E-state index in [0.29, 0.717) is 0 Å². The van der Waals surface area contributed by atoms with E-state index < -0.39 is 0 Å². The van der Waals surface area contributed by atoms with Crippen LogP contribution in [0.1, 0.15) is 42.3 Å². The van der Waals surface area contributed by atoms with Crippen LogP contribution in [0.4, 0.5) is 5.69 Å². The Hall–Kier alpha value is -2.09. The highest BCUT2D eigenvalue weighted by molar-refractivity contribution is 6.07. The number of carbonyl (C=O) groups excluding carboxylic acids is 1. The Labute approximate surface area is 127 Å². The Kier molecular flexibility index (Phi) is 5.15. The molecular formula is C19H23NO. The molecule has 0 bridgehead atoms. The Morgan fingerprint density at radius 1 is 1.10 bits per heavy atom. The zero-order valence-corrected chi connectivity index (χ0v) is 13.1. The molecule has 1 heterocycles. The average Bonchev–Trinajstić information content (AvgIpc) is 3.00. The van der Waals surface area contributed by atoms with Gasteiger partial charge in [-0.1, -0.05) is 51.1 Å². The number of hydrogen-bond donors (Lipinski definition) is 0. The molecule has 1 amide bonds. The highest BCUT2D eigenvalue weighted by atomic mass is 16.2. The molecule has 2 aromatic carbocycles. The summed E-state index contributed by atoms with van der Waals surface area (Å²) >= 11 is 0. The van der Waals surface area contributed by atoms with Crippen LogP contribution in [0, 0.1) is 0 Å². The first kappa shape index (κ1) is 15.3. The van der Waals surface area contributed by atoms with E-state index in [4.69, 9.17) is 0 Å². The van der Waals surface area contributed by atoms with Crippen LogP contribution < -0.4 is 4.90 Å². The van der Waals surface area contributed by atoms with Crippen LogP contribution in [0.5, 0.6) is 0 Å². The molecule has 21 heavy (non-hydrogen) atoms. The molecule has 0 N–H and O–H groups in total. The first-order valence-corrected chi connectivity index (χ1v) is 7.78. The summed E-state index contributed by atoms with van der Waals surface area (Å²) in [6, 6.07) is 16.1. The summed E-state index contributed by atoms with van der Waals surface area (Å²) in [4.78, 5) is 14.5. The molecule has 0 unspecified atom stereocenters. The van der Waals surface area contributed by atoms with Crippen LogP contribution in [-0.2, 0) is 12.8 Å². The van der Waals surface area contributed by atoms with Crippen molar-refractivity contribution in [2.75, 3.05) is 11.4 Å². The van der Waals surface area contributed by atoms with Gasteiger partial charge in [0.1, 0.15) is 0 Å². The fraction of sp³-hybridized carbons (Fsp3) is 0.316.